The molecule has 1 N–H and O–H groups in total. The minimum Gasteiger partial charge on any atom is -0.507 e. The number of piperidine rings is 1. The summed E-state index contributed by atoms with van der Waals surface area (Å²) < 4.78 is 2.20. The Hall–Kier alpha value is -2.11. The molecule has 136 valence electrons. The van der Waals surface area contributed by atoms with Gasteiger partial charge < -0.3 is 14.6 Å². The van der Waals surface area contributed by atoms with Crippen molar-refractivity contribution in [2.24, 2.45) is 5.92 Å². The maximum Gasteiger partial charge on any atom is 0.162 e. The number of rotatable bonds is 3. The highest BCUT2D eigenvalue weighted by molar-refractivity contribution is 6.31. The molecule has 0 saturated carbocycles. The molecule has 6 heteroatoms. The zero-order chi connectivity index (χ0) is 18.3. The van der Waals surface area contributed by atoms with Gasteiger partial charge in [-0.3, -0.25) is 0 Å². The Morgan fingerprint density at radius 1 is 1.27 bits per heavy atom. The Balaban J connectivity index is 1.66. The van der Waals surface area contributed by atoms with Crippen LogP contribution in [-0.4, -0.2) is 44.9 Å². The lowest BCUT2D eigenvalue weighted by molar-refractivity contribution is 0.195. The SMILES string of the molecule is Cc1cc(Cl)cc(O)c1-c1cc2ccn(CC3CCCN(C)C3)c2nn1. The van der Waals surface area contributed by atoms with Crippen LogP contribution in [0.5, 0.6) is 5.75 Å². The highest BCUT2D eigenvalue weighted by Crippen LogP contribution is 2.34. The fraction of sp³-hybridized carbons (Fsp3) is 0.400. The Morgan fingerprint density at radius 3 is 2.88 bits per heavy atom. The van der Waals surface area contributed by atoms with Crippen LogP contribution < -0.4 is 0 Å². The molecule has 2 aromatic heterocycles. The highest BCUT2D eigenvalue weighted by atomic mass is 35.5. The summed E-state index contributed by atoms with van der Waals surface area (Å²) in [6, 6.07) is 7.43. The van der Waals surface area contributed by atoms with Crippen molar-refractivity contribution in [1.82, 2.24) is 19.7 Å². The average Bonchev–Trinajstić information content (AvgIpc) is 2.96. The molecule has 1 aliphatic rings. The molecule has 3 heterocycles. The van der Waals surface area contributed by atoms with Crippen LogP contribution in [0.2, 0.25) is 5.02 Å². The lowest BCUT2D eigenvalue weighted by Crippen LogP contribution is -2.34. The summed E-state index contributed by atoms with van der Waals surface area (Å²) in [6.45, 7) is 5.20. The highest BCUT2D eigenvalue weighted by Gasteiger charge is 2.19. The van der Waals surface area contributed by atoms with E-state index in [0.29, 0.717) is 22.2 Å². The van der Waals surface area contributed by atoms with Gasteiger partial charge in [0, 0.05) is 35.3 Å². The van der Waals surface area contributed by atoms with Crippen molar-refractivity contribution in [2.75, 3.05) is 20.1 Å². The number of likely N-dealkylation sites (tertiary alicyclic amines) is 1. The van der Waals surface area contributed by atoms with E-state index in [9.17, 15) is 5.11 Å². The van der Waals surface area contributed by atoms with Crippen LogP contribution in [-0.2, 0) is 6.54 Å². The van der Waals surface area contributed by atoms with Gasteiger partial charge in [-0.2, -0.15) is 0 Å². The third-order valence-corrected chi connectivity index (χ3v) is 5.44. The van der Waals surface area contributed by atoms with Gasteiger partial charge in [0.1, 0.15) is 5.75 Å². The molecule has 1 unspecified atom stereocenters. The number of phenolic OH excluding ortho intramolecular Hbond substituents is 1. The van der Waals surface area contributed by atoms with Crippen LogP contribution in [0, 0.1) is 12.8 Å². The van der Waals surface area contributed by atoms with Gasteiger partial charge >= 0.3 is 0 Å². The Morgan fingerprint density at radius 2 is 2.12 bits per heavy atom. The first kappa shape index (κ1) is 17.3. The van der Waals surface area contributed by atoms with Crippen molar-refractivity contribution < 1.29 is 5.11 Å². The largest absolute Gasteiger partial charge is 0.507 e. The fourth-order valence-electron chi connectivity index (χ4n) is 4.02. The summed E-state index contributed by atoms with van der Waals surface area (Å²) in [5.41, 5.74) is 3.13. The third-order valence-electron chi connectivity index (χ3n) is 5.22. The zero-order valence-electron chi connectivity index (χ0n) is 15.1. The van der Waals surface area contributed by atoms with E-state index < -0.39 is 0 Å². The first-order chi connectivity index (χ1) is 12.5. The second-order valence-corrected chi connectivity index (χ2v) is 7.80. The molecule has 0 spiro atoms. The second kappa shape index (κ2) is 6.89. The molecule has 1 aromatic carbocycles. The number of hydrogen-bond donors (Lipinski definition) is 1. The van der Waals surface area contributed by atoms with E-state index in [0.717, 1.165) is 29.7 Å². The van der Waals surface area contributed by atoms with Gasteiger partial charge in [-0.1, -0.05) is 11.6 Å². The monoisotopic (exact) mass is 370 g/mol. The Kier molecular flexibility index (Phi) is 4.59. The number of aromatic hydroxyl groups is 1. The smallest absolute Gasteiger partial charge is 0.162 e. The third kappa shape index (κ3) is 3.29. The molecule has 1 saturated heterocycles. The minimum atomic E-state index is 0.133. The molecule has 3 aromatic rings. The van der Waals surface area contributed by atoms with E-state index in [1.807, 2.05) is 19.1 Å². The van der Waals surface area contributed by atoms with Crippen LogP contribution in [0.1, 0.15) is 18.4 Å². The molecule has 0 aliphatic carbocycles. The molecule has 1 atom stereocenters. The molecule has 5 nitrogen and oxygen atoms in total. The number of halogens is 1. The van der Waals surface area contributed by atoms with Crippen LogP contribution in [0.4, 0.5) is 0 Å². The molecular formula is C20H23ClN4O. The topological polar surface area (TPSA) is 54.2 Å². The van der Waals surface area contributed by atoms with E-state index in [2.05, 4.69) is 39.0 Å². The van der Waals surface area contributed by atoms with Gasteiger partial charge in [0.05, 0.1) is 5.69 Å². The molecule has 1 aliphatic heterocycles. The van der Waals surface area contributed by atoms with Crippen molar-refractivity contribution in [1.29, 1.82) is 0 Å². The molecule has 4 rings (SSSR count). The Labute approximate surface area is 158 Å². The van der Waals surface area contributed by atoms with Gasteiger partial charge in [0.15, 0.2) is 5.65 Å². The van der Waals surface area contributed by atoms with Crippen molar-refractivity contribution >= 4 is 22.6 Å². The maximum atomic E-state index is 10.3. The maximum absolute atomic E-state index is 10.3. The molecule has 0 bridgehead atoms. The number of phenols is 1. The number of aromatic nitrogens is 3. The number of nitrogens with zero attached hydrogens (tertiary/aromatic N) is 4. The van der Waals surface area contributed by atoms with Crippen molar-refractivity contribution in [2.45, 2.75) is 26.3 Å². The first-order valence-corrected chi connectivity index (χ1v) is 9.39. The normalized spacial score (nSPS) is 18.5. The molecule has 0 radical (unpaired) electrons. The zero-order valence-corrected chi connectivity index (χ0v) is 15.9. The van der Waals surface area contributed by atoms with E-state index in [4.69, 9.17) is 11.6 Å². The second-order valence-electron chi connectivity index (χ2n) is 7.36. The molecular weight excluding hydrogens is 348 g/mol. The van der Waals surface area contributed by atoms with E-state index in [1.54, 1.807) is 6.07 Å². The number of benzene rings is 1. The van der Waals surface area contributed by atoms with E-state index in [1.165, 1.54) is 19.4 Å². The van der Waals surface area contributed by atoms with E-state index >= 15 is 0 Å². The Bertz CT molecular complexity index is 929. The van der Waals surface area contributed by atoms with Gasteiger partial charge in [-0.15, -0.1) is 10.2 Å². The number of hydrogen-bond acceptors (Lipinski definition) is 4. The van der Waals surface area contributed by atoms with Crippen molar-refractivity contribution in [3.63, 3.8) is 0 Å². The number of fused-ring (bicyclic) bond motifs is 1. The standard InChI is InChI=1S/C20H23ClN4O/c1-13-8-16(21)10-18(26)19(13)17-9-15-5-7-25(20(15)23-22-17)12-14-4-3-6-24(2)11-14/h5,7-10,14,26H,3-4,6,11-12H2,1-2H3. The summed E-state index contributed by atoms with van der Waals surface area (Å²) in [6.07, 6.45) is 4.60. The number of aryl methyl sites for hydroxylation is 1. The fourth-order valence-corrected chi connectivity index (χ4v) is 4.28. The lowest BCUT2D eigenvalue weighted by atomic mass is 9.98. The van der Waals surface area contributed by atoms with Gasteiger partial charge in [-0.05, 0) is 69.1 Å². The predicted octanol–water partition coefficient (Wildman–Crippen LogP) is 4.11. The van der Waals surface area contributed by atoms with Crippen LogP contribution in [0.3, 0.4) is 0 Å². The minimum absolute atomic E-state index is 0.133. The van der Waals surface area contributed by atoms with Gasteiger partial charge in [0.2, 0.25) is 0 Å². The average molecular weight is 371 g/mol. The predicted molar refractivity (Wildman–Crippen MR) is 105 cm³/mol. The lowest BCUT2D eigenvalue weighted by Gasteiger charge is -2.29. The van der Waals surface area contributed by atoms with Crippen LogP contribution in [0.15, 0.2) is 30.5 Å². The van der Waals surface area contributed by atoms with Crippen LogP contribution >= 0.6 is 11.6 Å². The van der Waals surface area contributed by atoms with Gasteiger partial charge in [0.25, 0.3) is 0 Å². The van der Waals surface area contributed by atoms with Crippen molar-refractivity contribution in [3.05, 3.63) is 41.0 Å². The van der Waals surface area contributed by atoms with Crippen LogP contribution in [0.25, 0.3) is 22.3 Å². The summed E-state index contributed by atoms with van der Waals surface area (Å²) in [5, 5.41) is 20.7. The first-order valence-electron chi connectivity index (χ1n) is 9.02. The summed E-state index contributed by atoms with van der Waals surface area (Å²) >= 11 is 6.01. The van der Waals surface area contributed by atoms with Crippen molar-refractivity contribution in [3.8, 4) is 17.0 Å². The summed E-state index contributed by atoms with van der Waals surface area (Å²) in [5.74, 6) is 0.779. The quantitative estimate of drug-likeness (QED) is 0.753. The molecule has 26 heavy (non-hydrogen) atoms. The molecule has 0 amide bonds. The summed E-state index contributed by atoms with van der Waals surface area (Å²) in [7, 11) is 2.19. The molecule has 1 fully saturated rings. The van der Waals surface area contributed by atoms with Gasteiger partial charge in [-0.25, -0.2) is 0 Å². The van der Waals surface area contributed by atoms with E-state index in [-0.39, 0.29) is 5.75 Å². The summed E-state index contributed by atoms with van der Waals surface area (Å²) in [4.78, 5) is 2.40.